The second-order valence-electron chi connectivity index (χ2n) is 5.50. The summed E-state index contributed by atoms with van der Waals surface area (Å²) in [6, 6.07) is 7.69. The van der Waals surface area contributed by atoms with Crippen LogP contribution in [0.25, 0.3) is 17.0 Å². The SMILES string of the molecule is Cc1nc2ccccn2c1-c1ccnc(NC(=O)C2CC2)n1. The van der Waals surface area contributed by atoms with E-state index in [1.54, 1.807) is 6.20 Å². The molecule has 6 heteroatoms. The zero-order valence-electron chi connectivity index (χ0n) is 12.2. The van der Waals surface area contributed by atoms with Crippen LogP contribution in [-0.4, -0.2) is 25.3 Å². The van der Waals surface area contributed by atoms with Crippen molar-refractivity contribution in [1.82, 2.24) is 19.4 Å². The molecular formula is C16H15N5O. The first-order valence-electron chi connectivity index (χ1n) is 7.30. The van der Waals surface area contributed by atoms with Crippen LogP contribution in [0.15, 0.2) is 36.7 Å². The number of nitrogens with one attached hydrogen (secondary N) is 1. The summed E-state index contributed by atoms with van der Waals surface area (Å²) in [5.74, 6) is 0.483. The summed E-state index contributed by atoms with van der Waals surface area (Å²) < 4.78 is 1.99. The van der Waals surface area contributed by atoms with Gasteiger partial charge in [-0.2, -0.15) is 0 Å². The number of aryl methyl sites for hydroxylation is 1. The van der Waals surface area contributed by atoms with E-state index in [-0.39, 0.29) is 11.8 Å². The number of carbonyl (C=O) groups is 1. The van der Waals surface area contributed by atoms with Crippen LogP contribution in [0, 0.1) is 12.8 Å². The standard InChI is InChI=1S/C16H15N5O/c1-10-14(21-9-3-2-4-13(21)18-10)12-7-8-17-16(19-12)20-15(22)11-5-6-11/h2-4,7-9,11H,5-6H2,1H3,(H,17,19,20,22). The molecule has 22 heavy (non-hydrogen) atoms. The molecule has 1 aliphatic carbocycles. The van der Waals surface area contributed by atoms with Gasteiger partial charge in [0.25, 0.3) is 0 Å². The fourth-order valence-corrected chi connectivity index (χ4v) is 2.53. The van der Waals surface area contributed by atoms with Crippen molar-refractivity contribution in [1.29, 1.82) is 0 Å². The van der Waals surface area contributed by atoms with Crippen molar-refractivity contribution in [3.05, 3.63) is 42.4 Å². The van der Waals surface area contributed by atoms with Crippen LogP contribution < -0.4 is 5.32 Å². The van der Waals surface area contributed by atoms with Crippen molar-refractivity contribution in [3.8, 4) is 11.4 Å². The molecule has 0 radical (unpaired) electrons. The molecule has 0 saturated heterocycles. The van der Waals surface area contributed by atoms with Gasteiger partial charge in [0.1, 0.15) is 5.65 Å². The normalized spacial score (nSPS) is 14.2. The van der Waals surface area contributed by atoms with Gasteiger partial charge in [0, 0.05) is 18.3 Å². The number of imidazole rings is 1. The van der Waals surface area contributed by atoms with Crippen molar-refractivity contribution in [2.45, 2.75) is 19.8 Å². The Labute approximate surface area is 127 Å². The number of amides is 1. The molecule has 1 saturated carbocycles. The lowest BCUT2D eigenvalue weighted by atomic mass is 10.2. The zero-order chi connectivity index (χ0) is 15.1. The molecule has 3 heterocycles. The number of carbonyl (C=O) groups excluding carboxylic acids is 1. The lowest BCUT2D eigenvalue weighted by Gasteiger charge is -2.06. The summed E-state index contributed by atoms with van der Waals surface area (Å²) in [6.07, 6.45) is 5.53. The van der Waals surface area contributed by atoms with Crippen molar-refractivity contribution >= 4 is 17.5 Å². The monoisotopic (exact) mass is 293 g/mol. The van der Waals surface area contributed by atoms with Gasteiger partial charge in [0.15, 0.2) is 0 Å². The van der Waals surface area contributed by atoms with E-state index in [0.717, 1.165) is 35.6 Å². The van der Waals surface area contributed by atoms with E-state index in [9.17, 15) is 4.79 Å². The van der Waals surface area contributed by atoms with Crippen LogP contribution in [0.2, 0.25) is 0 Å². The third-order valence-corrected chi connectivity index (χ3v) is 3.79. The Morgan fingerprint density at radius 3 is 2.95 bits per heavy atom. The highest BCUT2D eigenvalue weighted by atomic mass is 16.2. The molecule has 1 N–H and O–H groups in total. The van der Waals surface area contributed by atoms with Crippen LogP contribution in [0.3, 0.4) is 0 Å². The smallest absolute Gasteiger partial charge is 0.229 e. The van der Waals surface area contributed by atoms with Crippen molar-refractivity contribution in [2.75, 3.05) is 5.32 Å². The first-order chi connectivity index (χ1) is 10.7. The molecule has 0 atom stereocenters. The van der Waals surface area contributed by atoms with Crippen molar-refractivity contribution in [3.63, 3.8) is 0 Å². The Morgan fingerprint density at radius 1 is 1.27 bits per heavy atom. The largest absolute Gasteiger partial charge is 0.298 e. The van der Waals surface area contributed by atoms with Crippen LogP contribution in [0.4, 0.5) is 5.95 Å². The first-order valence-corrected chi connectivity index (χ1v) is 7.30. The summed E-state index contributed by atoms with van der Waals surface area (Å²) in [5.41, 5.74) is 3.43. The lowest BCUT2D eigenvalue weighted by Crippen LogP contribution is -2.15. The molecule has 0 spiro atoms. The highest BCUT2D eigenvalue weighted by Crippen LogP contribution is 2.30. The molecule has 0 unspecified atom stereocenters. The molecule has 3 aromatic heterocycles. The molecule has 0 aromatic carbocycles. The average molecular weight is 293 g/mol. The highest BCUT2D eigenvalue weighted by molar-refractivity contribution is 5.92. The van der Waals surface area contributed by atoms with Gasteiger partial charge in [-0.1, -0.05) is 6.07 Å². The molecular weight excluding hydrogens is 278 g/mol. The number of hydrogen-bond donors (Lipinski definition) is 1. The number of aromatic nitrogens is 4. The highest BCUT2D eigenvalue weighted by Gasteiger charge is 2.30. The van der Waals surface area contributed by atoms with E-state index in [1.807, 2.05) is 41.8 Å². The van der Waals surface area contributed by atoms with Crippen LogP contribution in [-0.2, 0) is 4.79 Å². The molecule has 110 valence electrons. The minimum atomic E-state index is 0.00649. The average Bonchev–Trinajstić information content (AvgIpc) is 3.30. The minimum absolute atomic E-state index is 0.00649. The molecule has 0 aliphatic heterocycles. The Hall–Kier alpha value is -2.76. The maximum absolute atomic E-state index is 11.8. The van der Waals surface area contributed by atoms with Gasteiger partial charge in [-0.05, 0) is 38.0 Å². The van der Waals surface area contributed by atoms with Gasteiger partial charge < -0.3 is 0 Å². The first kappa shape index (κ1) is 12.9. The molecule has 3 aromatic rings. The van der Waals surface area contributed by atoms with Gasteiger partial charge in [0.2, 0.25) is 11.9 Å². The Balaban J connectivity index is 1.75. The van der Waals surface area contributed by atoms with Crippen molar-refractivity contribution < 1.29 is 4.79 Å². The summed E-state index contributed by atoms with van der Waals surface area (Å²) in [4.78, 5) is 25.0. The second kappa shape index (κ2) is 4.91. The number of pyridine rings is 1. The van der Waals surface area contributed by atoms with E-state index in [2.05, 4.69) is 20.3 Å². The van der Waals surface area contributed by atoms with Gasteiger partial charge in [-0.25, -0.2) is 15.0 Å². The lowest BCUT2D eigenvalue weighted by molar-refractivity contribution is -0.117. The Bertz CT molecular complexity index is 866. The van der Waals surface area contributed by atoms with E-state index < -0.39 is 0 Å². The van der Waals surface area contributed by atoms with E-state index in [0.29, 0.717) is 5.95 Å². The van der Waals surface area contributed by atoms with E-state index in [4.69, 9.17) is 0 Å². The summed E-state index contributed by atoms with van der Waals surface area (Å²) in [6.45, 7) is 1.95. The fraction of sp³-hybridized carbons (Fsp3) is 0.250. The predicted molar refractivity (Wildman–Crippen MR) is 82.3 cm³/mol. The molecule has 4 rings (SSSR count). The quantitative estimate of drug-likeness (QED) is 0.805. The van der Waals surface area contributed by atoms with Crippen LogP contribution >= 0.6 is 0 Å². The number of fused-ring (bicyclic) bond motifs is 1. The molecule has 1 aliphatic rings. The summed E-state index contributed by atoms with van der Waals surface area (Å²) in [7, 11) is 0. The minimum Gasteiger partial charge on any atom is -0.298 e. The second-order valence-corrected chi connectivity index (χ2v) is 5.50. The maximum Gasteiger partial charge on any atom is 0.229 e. The third kappa shape index (κ3) is 2.22. The molecule has 1 fully saturated rings. The van der Waals surface area contributed by atoms with E-state index >= 15 is 0 Å². The van der Waals surface area contributed by atoms with Crippen LogP contribution in [0.5, 0.6) is 0 Å². The van der Waals surface area contributed by atoms with Gasteiger partial charge >= 0.3 is 0 Å². The third-order valence-electron chi connectivity index (χ3n) is 3.79. The van der Waals surface area contributed by atoms with Gasteiger partial charge in [0.05, 0.1) is 17.1 Å². The van der Waals surface area contributed by atoms with E-state index in [1.165, 1.54) is 0 Å². The number of hydrogen-bond acceptors (Lipinski definition) is 4. The van der Waals surface area contributed by atoms with Gasteiger partial charge in [-0.15, -0.1) is 0 Å². The number of nitrogens with zero attached hydrogens (tertiary/aromatic N) is 4. The molecule has 1 amide bonds. The van der Waals surface area contributed by atoms with Crippen LogP contribution in [0.1, 0.15) is 18.5 Å². The molecule has 6 nitrogen and oxygen atoms in total. The number of anilines is 1. The van der Waals surface area contributed by atoms with Gasteiger partial charge in [-0.3, -0.25) is 14.5 Å². The summed E-state index contributed by atoms with van der Waals surface area (Å²) >= 11 is 0. The summed E-state index contributed by atoms with van der Waals surface area (Å²) in [5, 5.41) is 2.78. The zero-order valence-corrected chi connectivity index (χ0v) is 12.2. The number of rotatable bonds is 3. The molecule has 0 bridgehead atoms. The maximum atomic E-state index is 11.8. The Morgan fingerprint density at radius 2 is 2.14 bits per heavy atom. The topological polar surface area (TPSA) is 72.2 Å². The van der Waals surface area contributed by atoms with Crippen molar-refractivity contribution in [2.24, 2.45) is 5.92 Å². The predicted octanol–water partition coefficient (Wildman–Crippen LogP) is 2.45. The Kier molecular flexibility index (Phi) is 2.89. The fourth-order valence-electron chi connectivity index (χ4n) is 2.53.